The second-order valence-corrected chi connectivity index (χ2v) is 0. The van der Waals surface area contributed by atoms with E-state index in [2.05, 4.69) is 0 Å². The quantitative estimate of drug-likeness (QED) is 0.440. The van der Waals surface area contributed by atoms with Crippen molar-refractivity contribution in [2.75, 3.05) is 0 Å². The molecule has 0 heteroatoms. The number of hydrogen-bond acceptors (Lipinski definition) is 0. The van der Waals surface area contributed by atoms with Gasteiger partial charge in [0.15, 0.2) is 0 Å². The molecule has 0 N–H and O–H groups in total. The first-order valence-electron chi connectivity index (χ1n) is 3.83. The summed E-state index contributed by atoms with van der Waals surface area (Å²) in [7, 11) is -0.500. The normalized spacial score (nSPS) is 8.00. The maximum atomic E-state index is 5.88. The van der Waals surface area contributed by atoms with Crippen LogP contribution in [0.15, 0.2) is 0 Å². The van der Waals surface area contributed by atoms with Crippen LogP contribution in [0.3, 0.4) is 0 Å². The summed E-state index contributed by atoms with van der Waals surface area (Å²) in [6.07, 6.45) is 0. The molecule has 0 aliphatic heterocycles. The molecule has 0 unspecified atom stereocenters. The molecule has 0 nitrogen and oxygen atoms in total. The Morgan fingerprint density at radius 1 is 1.00 bits per heavy atom. The lowest BCUT2D eigenvalue weighted by Crippen LogP contribution is 0.143. The average molecular weight is 114 g/mol. The van der Waals surface area contributed by atoms with E-state index in [-0.39, 0.29) is 45.9 Å². The second kappa shape index (κ2) is 0. The minimum atomic E-state index is -0.250. The molecular formula is C6H28. The minimum Gasteiger partial charge on any atom is -0.0776 e. The standard InChI is InChI=1S/6CH4.2H2/h6*1H4;2*1H/i2*1T2;;;;;1+2T;1+2. The topological polar surface area (TPSA) is 0 Å². The fraction of sp³-hybridized carbons (Fsp3) is 1.00. The van der Waals surface area contributed by atoms with Gasteiger partial charge in [-0.3, -0.25) is 0 Å². The van der Waals surface area contributed by atoms with Crippen molar-refractivity contribution in [3.8, 4) is 0 Å². The molecule has 0 heterocycles. The summed E-state index contributed by atoms with van der Waals surface area (Å²) in [6, 6.07) is 0. The molecule has 0 aromatic rings. The number of hydrogen-bond donors (Lipinski definition) is 0. The van der Waals surface area contributed by atoms with Crippen molar-refractivity contribution in [3.63, 3.8) is 0 Å². The molecule has 0 spiro atoms. The van der Waals surface area contributed by atoms with Gasteiger partial charge in [-0.15, -0.1) is 0 Å². The van der Waals surface area contributed by atoms with Crippen LogP contribution in [0.5, 0.6) is 0 Å². The maximum Gasteiger partial charge on any atom is 0.0194 e. The highest BCUT2D eigenvalue weighted by Gasteiger charge is -0.0726. The van der Waals surface area contributed by atoms with Gasteiger partial charge >= 0.3 is 0 Å². The molecule has 52 valence electrons. The summed E-state index contributed by atoms with van der Waals surface area (Å²) in [5, 5.41) is 0. The second-order valence-electron chi connectivity index (χ2n) is 0. The average Bonchev–Trinajstić information content (AvgIpc) is 1.75. The first-order valence-corrected chi connectivity index (χ1v) is 0. The lowest BCUT2D eigenvalue weighted by atomic mass is 12.0. The van der Waals surface area contributed by atoms with Crippen LogP contribution in [0.1, 0.15) is 54.3 Å². The van der Waals surface area contributed by atoms with Gasteiger partial charge in [0.1, 0.15) is 0 Å². The zero-order valence-electron chi connectivity index (χ0n) is 7.41. The van der Waals surface area contributed by atoms with Gasteiger partial charge < -0.3 is 0 Å². The Morgan fingerprint density at radius 3 is 1.00 bits per heavy atom. The van der Waals surface area contributed by atoms with Crippen LogP contribution in [0.25, 0.3) is 0 Å². The van der Waals surface area contributed by atoms with Crippen molar-refractivity contribution in [2.45, 2.75) is 44.5 Å². The summed E-state index contributed by atoms with van der Waals surface area (Å²) < 4.78 is 33.5. The van der Waals surface area contributed by atoms with E-state index in [1.54, 1.807) is 0 Å². The van der Waals surface area contributed by atoms with Crippen LogP contribution in [-0.2, 0) is 0 Å². The zero-order chi connectivity index (χ0) is 7.41. The predicted molar refractivity (Wildman–Crippen MR) is 44.6 cm³/mol. The molecule has 0 rings (SSSR count). The van der Waals surface area contributed by atoms with Crippen molar-refractivity contribution in [1.29, 1.82) is 0 Å². The van der Waals surface area contributed by atoms with E-state index < -0.39 is 0 Å². The Morgan fingerprint density at radius 2 is 1.00 bits per heavy atom. The molecule has 6 heavy (non-hydrogen) atoms. The maximum absolute atomic E-state index is 5.88. The molecule has 0 fully saturated rings. The van der Waals surface area contributed by atoms with Crippen molar-refractivity contribution < 1.29 is 9.88 Å². The van der Waals surface area contributed by atoms with E-state index in [0.717, 1.165) is 0 Å². The molecule has 0 saturated heterocycles. The highest BCUT2D eigenvalue weighted by molar-refractivity contribution is 2.51. The Balaban J connectivity index is -0.00000000409. The predicted octanol–water partition coefficient (Wildman–Crippen LogP) is 4.31. The van der Waals surface area contributed by atoms with Crippen LogP contribution in [0.4, 0.5) is 0 Å². The first kappa shape index (κ1) is 6.00. The van der Waals surface area contributed by atoms with Crippen molar-refractivity contribution >= 4 is 0 Å². The summed E-state index contributed by atoms with van der Waals surface area (Å²) in [6.45, 7) is 0. The Kier molecular flexibility index (Phi) is 0. The van der Waals surface area contributed by atoms with E-state index in [0.29, 0.717) is 0 Å². The van der Waals surface area contributed by atoms with E-state index in [4.69, 9.17) is 8.45 Å². The third-order valence-electron chi connectivity index (χ3n) is 0. The van der Waals surface area contributed by atoms with Crippen molar-refractivity contribution in [1.82, 2.24) is 0 Å². The smallest absolute Gasteiger partial charge is 0.0194 e. The third-order valence-corrected chi connectivity index (χ3v) is 0. The summed E-state index contributed by atoms with van der Waals surface area (Å²) >= 11 is 0. The summed E-state index contributed by atoms with van der Waals surface area (Å²) in [5.41, 5.74) is 0. The Labute approximate surface area is 55.8 Å². The fourth-order valence-electron chi connectivity index (χ4n) is 0. The van der Waals surface area contributed by atoms with Gasteiger partial charge in [0, 0.05) is 9.88 Å². The van der Waals surface area contributed by atoms with Crippen LogP contribution in [0.2, 0.25) is 0 Å². The zero-order valence-corrected chi connectivity index (χ0v) is 1.41. The largest absolute Gasteiger partial charge is 0.0776 e. The monoisotopic (exact) mass is 114 g/mol. The highest BCUT2D eigenvalue weighted by Crippen LogP contribution is 0.149. The Bertz CT molecular complexity index is 14.9. The molecule has 0 aliphatic rings. The molecular weight excluding hydrogens is 72.1 g/mol. The molecule has 0 aromatic heterocycles. The fourth-order valence-corrected chi connectivity index (χ4v) is 0. The van der Waals surface area contributed by atoms with Crippen LogP contribution in [-0.4, -0.2) is 0 Å². The van der Waals surface area contributed by atoms with Crippen molar-refractivity contribution in [2.24, 2.45) is 0 Å². The molecule has 0 aromatic carbocycles. The van der Waals surface area contributed by atoms with Gasteiger partial charge in [0.2, 0.25) is 0 Å². The van der Waals surface area contributed by atoms with Gasteiger partial charge in [-0.1, -0.05) is 44.5 Å². The van der Waals surface area contributed by atoms with E-state index in [1.165, 1.54) is 0 Å². The van der Waals surface area contributed by atoms with E-state index in [9.17, 15) is 0 Å². The molecule has 0 aliphatic carbocycles. The van der Waals surface area contributed by atoms with Crippen LogP contribution >= 0.6 is 0 Å². The third kappa shape index (κ3) is 0. The van der Waals surface area contributed by atoms with E-state index in [1.807, 2.05) is 0 Å². The van der Waals surface area contributed by atoms with Crippen LogP contribution in [0, 0.1) is 0 Å². The summed E-state index contributed by atoms with van der Waals surface area (Å²) in [4.78, 5) is 0. The van der Waals surface area contributed by atoms with Gasteiger partial charge in [-0.25, -0.2) is 0 Å². The van der Waals surface area contributed by atoms with Gasteiger partial charge in [0.05, 0.1) is 0 Å². The van der Waals surface area contributed by atoms with Gasteiger partial charge in [-0.2, -0.15) is 0 Å². The minimum absolute atomic E-state index is 0. The Hall–Kier alpha value is 0. The number of rotatable bonds is 0. The van der Waals surface area contributed by atoms with Gasteiger partial charge in [0.25, 0.3) is 0 Å². The highest BCUT2D eigenvalue weighted by atomic mass is 12.0. The lowest BCUT2D eigenvalue weighted by molar-refractivity contribution is 2.50. The molecule has 0 bridgehead atoms. The lowest BCUT2D eigenvalue weighted by Gasteiger charge is -0.0786. The molecule has 0 saturated carbocycles. The molecule has 0 radical (unpaired) electrons. The van der Waals surface area contributed by atoms with E-state index >= 15 is 0 Å². The summed E-state index contributed by atoms with van der Waals surface area (Å²) in [5.74, 6) is 0. The first-order chi connectivity index (χ1) is 3.83. The molecule has 0 atom stereocenters. The SMILES string of the molecule is C.C.C.C.[3HH].[3H]C[3H].[3H]C[3H].[3H][3H]. The molecule has 0 amide bonds. The van der Waals surface area contributed by atoms with Gasteiger partial charge in [-0.05, 0) is 0 Å². The van der Waals surface area contributed by atoms with Crippen LogP contribution < -0.4 is 0 Å². The van der Waals surface area contributed by atoms with Crippen molar-refractivity contribution in [3.05, 3.63) is 0 Å².